The molecule has 1 saturated heterocycles. The fraction of sp³-hybridized carbons (Fsp3) is 0.190. The Bertz CT molecular complexity index is 2360. The first-order valence-corrected chi connectivity index (χ1v) is 19.8. The van der Waals surface area contributed by atoms with E-state index in [2.05, 4.69) is 114 Å². The van der Waals surface area contributed by atoms with Crippen LogP contribution in [0.1, 0.15) is 59.9 Å². The third-order valence-corrected chi connectivity index (χ3v) is 13.3. The molecule has 1 aliphatic carbocycles. The van der Waals surface area contributed by atoms with Crippen LogP contribution in [-0.4, -0.2) is 37.8 Å². The number of thiazole rings is 1. The Hall–Kier alpha value is -4.61. The van der Waals surface area contributed by atoms with Crippen molar-refractivity contribution in [1.82, 2.24) is 9.47 Å². The lowest BCUT2D eigenvalue weighted by Crippen LogP contribution is -2.34. The first-order chi connectivity index (χ1) is 25.4. The van der Waals surface area contributed by atoms with Crippen molar-refractivity contribution < 1.29 is 9.53 Å². The van der Waals surface area contributed by atoms with Gasteiger partial charge >= 0.3 is 0 Å². The predicted molar refractivity (Wildman–Crippen MR) is 222 cm³/mol. The first kappa shape index (κ1) is 34.5. The van der Waals surface area contributed by atoms with Crippen LogP contribution in [0, 0.1) is 0 Å². The summed E-state index contributed by atoms with van der Waals surface area (Å²) in [5.74, 6) is 0.422. The number of anilines is 2. The van der Waals surface area contributed by atoms with Crippen molar-refractivity contribution in [3.63, 3.8) is 0 Å². The molecule has 0 radical (unpaired) electrons. The smallest absolute Gasteiger partial charge is 0.294 e. The van der Waals surface area contributed by atoms with Crippen LogP contribution in [0.4, 0.5) is 11.4 Å². The SMILES string of the molecule is CCN1C(=S)S/C(=c2/s/c(=C/c3ccc4c(c3)C3CCCC3N4c3ccc(C=C(c4ccccc4)c4ccccc4)cc3)c(=O)n2COC=O)C1=S. The molecule has 0 amide bonds. The Kier molecular flexibility index (Phi) is 9.80. The molecule has 6 nitrogen and oxygen atoms in total. The minimum atomic E-state index is -0.226. The van der Waals surface area contributed by atoms with E-state index < -0.39 is 0 Å². The van der Waals surface area contributed by atoms with Crippen LogP contribution >= 0.6 is 47.5 Å². The highest BCUT2D eigenvalue weighted by atomic mass is 32.2. The molecule has 10 heteroatoms. The van der Waals surface area contributed by atoms with Crippen LogP contribution in [0.25, 0.3) is 22.6 Å². The largest absolute Gasteiger partial charge is 0.446 e. The maximum atomic E-state index is 13.7. The van der Waals surface area contributed by atoms with Gasteiger partial charge < -0.3 is 14.5 Å². The number of hydrogen-bond donors (Lipinski definition) is 0. The highest BCUT2D eigenvalue weighted by molar-refractivity contribution is 8.31. The number of ether oxygens (including phenoxy) is 1. The Balaban J connectivity index is 1.14. The third kappa shape index (κ3) is 6.38. The van der Waals surface area contributed by atoms with Crippen LogP contribution in [0.3, 0.4) is 0 Å². The summed E-state index contributed by atoms with van der Waals surface area (Å²) in [7, 11) is 0. The first-order valence-electron chi connectivity index (χ1n) is 17.4. The fourth-order valence-electron chi connectivity index (χ4n) is 7.63. The number of thioether (sulfide) groups is 1. The van der Waals surface area contributed by atoms with Crippen molar-refractivity contribution in [3.8, 4) is 0 Å². The van der Waals surface area contributed by atoms with Gasteiger partial charge in [-0.3, -0.25) is 14.2 Å². The summed E-state index contributed by atoms with van der Waals surface area (Å²) in [5, 5.41) is 0. The zero-order chi connectivity index (χ0) is 35.8. The average molecular weight is 758 g/mol. The molecular weight excluding hydrogens is 723 g/mol. The number of aromatic nitrogens is 1. The normalized spacial score (nSPS) is 19.2. The molecule has 0 bridgehead atoms. The molecule has 2 fully saturated rings. The Morgan fingerprint density at radius 3 is 2.25 bits per heavy atom. The van der Waals surface area contributed by atoms with Crippen LogP contribution in [0.15, 0.2) is 108 Å². The molecule has 260 valence electrons. The second kappa shape index (κ2) is 14.8. The molecular formula is C42H35N3O3S4. The fourth-order valence-corrected chi connectivity index (χ4v) is 10.9. The minimum Gasteiger partial charge on any atom is -0.446 e. The summed E-state index contributed by atoms with van der Waals surface area (Å²) in [5.41, 5.74) is 9.19. The molecule has 3 aliphatic rings. The van der Waals surface area contributed by atoms with E-state index in [-0.39, 0.29) is 12.3 Å². The Morgan fingerprint density at radius 1 is 0.904 bits per heavy atom. The maximum absolute atomic E-state index is 13.7. The summed E-state index contributed by atoms with van der Waals surface area (Å²) in [6.07, 6.45) is 7.66. The molecule has 1 aromatic heterocycles. The van der Waals surface area contributed by atoms with E-state index in [4.69, 9.17) is 29.2 Å². The molecule has 1 saturated carbocycles. The van der Waals surface area contributed by atoms with Gasteiger partial charge in [-0.15, -0.1) is 11.3 Å². The summed E-state index contributed by atoms with van der Waals surface area (Å²) in [6.45, 7) is 2.80. The van der Waals surface area contributed by atoms with Gasteiger partial charge in [0.25, 0.3) is 12.0 Å². The van der Waals surface area contributed by atoms with Crippen molar-refractivity contribution in [2.45, 2.75) is 44.9 Å². The van der Waals surface area contributed by atoms with Crippen LogP contribution in [0.5, 0.6) is 0 Å². The van der Waals surface area contributed by atoms with Gasteiger partial charge in [0, 0.05) is 29.9 Å². The van der Waals surface area contributed by atoms with Gasteiger partial charge in [-0.2, -0.15) is 0 Å². The van der Waals surface area contributed by atoms with Crippen molar-refractivity contribution >= 4 is 97.3 Å². The number of rotatable bonds is 9. The molecule has 2 unspecified atom stereocenters. The zero-order valence-corrected chi connectivity index (χ0v) is 31.7. The molecule has 2 atom stereocenters. The topological polar surface area (TPSA) is 54.8 Å². The highest BCUT2D eigenvalue weighted by Crippen LogP contribution is 2.52. The lowest BCUT2D eigenvalue weighted by Gasteiger charge is -2.27. The van der Waals surface area contributed by atoms with Crippen molar-refractivity contribution in [2.24, 2.45) is 0 Å². The van der Waals surface area contributed by atoms with Gasteiger partial charge in [-0.05, 0) is 89.6 Å². The lowest BCUT2D eigenvalue weighted by atomic mass is 9.95. The average Bonchev–Trinajstić information content (AvgIpc) is 3.92. The second-order valence-electron chi connectivity index (χ2n) is 13.0. The van der Waals surface area contributed by atoms with E-state index in [9.17, 15) is 9.59 Å². The zero-order valence-electron chi connectivity index (χ0n) is 28.4. The minimum absolute atomic E-state index is 0.190. The molecule has 2 aliphatic heterocycles. The van der Waals surface area contributed by atoms with E-state index in [0.717, 1.165) is 28.9 Å². The van der Waals surface area contributed by atoms with Gasteiger partial charge in [0.15, 0.2) is 6.73 Å². The Morgan fingerprint density at radius 2 is 1.60 bits per heavy atom. The van der Waals surface area contributed by atoms with Gasteiger partial charge in [-0.1, -0.05) is 121 Å². The molecule has 4 aromatic carbocycles. The van der Waals surface area contributed by atoms with Crippen LogP contribution in [0.2, 0.25) is 0 Å². The van der Waals surface area contributed by atoms with E-state index in [0.29, 0.717) is 43.5 Å². The lowest BCUT2D eigenvalue weighted by molar-refractivity contribution is -0.132. The van der Waals surface area contributed by atoms with Gasteiger partial charge in [0.2, 0.25) is 0 Å². The predicted octanol–water partition coefficient (Wildman–Crippen LogP) is 8.04. The molecule has 52 heavy (non-hydrogen) atoms. The highest BCUT2D eigenvalue weighted by Gasteiger charge is 2.42. The van der Waals surface area contributed by atoms with Crippen molar-refractivity contribution in [2.75, 3.05) is 11.4 Å². The van der Waals surface area contributed by atoms with Gasteiger partial charge in [-0.25, -0.2) is 0 Å². The second-order valence-corrected chi connectivity index (χ2v) is 16.0. The quantitative estimate of drug-likeness (QED) is 0.0852. The molecule has 5 aromatic rings. The Labute approximate surface area is 321 Å². The molecule has 0 N–H and O–H groups in total. The number of thiocarbonyl (C=S) groups is 2. The molecule has 3 heterocycles. The summed E-state index contributed by atoms with van der Waals surface area (Å²) in [6, 6.07) is 37.0. The van der Waals surface area contributed by atoms with E-state index in [1.807, 2.05) is 17.9 Å². The van der Waals surface area contributed by atoms with Crippen molar-refractivity contribution in [1.29, 1.82) is 0 Å². The van der Waals surface area contributed by atoms with Crippen LogP contribution < -0.4 is 19.7 Å². The number of fused-ring (bicyclic) bond motifs is 3. The number of benzene rings is 4. The maximum Gasteiger partial charge on any atom is 0.294 e. The van der Waals surface area contributed by atoms with E-state index >= 15 is 0 Å². The third-order valence-electron chi connectivity index (χ3n) is 10.0. The summed E-state index contributed by atoms with van der Waals surface area (Å²) < 4.78 is 8.39. The van der Waals surface area contributed by atoms with Gasteiger partial charge in [0.1, 0.15) is 14.0 Å². The van der Waals surface area contributed by atoms with E-state index in [1.54, 1.807) is 0 Å². The van der Waals surface area contributed by atoms with Crippen molar-refractivity contribution in [3.05, 3.63) is 150 Å². The molecule has 8 rings (SSSR count). The number of carbonyl (C=O) groups excluding carboxylic acids is 1. The monoisotopic (exact) mass is 757 g/mol. The summed E-state index contributed by atoms with van der Waals surface area (Å²) in [4.78, 5) is 30.6. The van der Waals surface area contributed by atoms with Crippen LogP contribution in [-0.2, 0) is 16.3 Å². The van der Waals surface area contributed by atoms with Gasteiger partial charge in [0.05, 0.1) is 9.44 Å². The number of carbonyl (C=O) groups is 1. The standard InChI is InChI=1S/C42H35N3O3S4/c1-2-43-40(49)38(52-42(43)50)41-44(25-48-26-46)39(47)37(51-41)24-28-18-21-36-34(23-28)32-14-9-15-35(32)45(36)31-19-16-27(17-20-31)22-33(29-10-5-3-6-11-29)30-12-7-4-8-13-30/h3-8,10-13,16-24,26,32,35H,2,9,14-15,25H2,1H3/b37-24+,41-38+. The number of nitrogens with zero attached hydrogens (tertiary/aromatic N) is 3. The number of hydrogen-bond acceptors (Lipinski definition) is 8. The molecule has 0 spiro atoms. The summed E-state index contributed by atoms with van der Waals surface area (Å²) >= 11 is 14.0. The van der Waals surface area contributed by atoms with E-state index in [1.165, 1.54) is 67.7 Å².